The Kier molecular flexibility index (Phi) is 5.84. The van der Waals surface area contributed by atoms with E-state index in [1.54, 1.807) is 19.2 Å². The van der Waals surface area contributed by atoms with E-state index in [0.29, 0.717) is 12.2 Å². The highest BCUT2D eigenvalue weighted by molar-refractivity contribution is 5.85. The SMILES string of the molecule is COCc1cccc([N+](=O)[O-])c1CN.Cl. The number of hydrogen-bond acceptors (Lipinski definition) is 4. The van der Waals surface area contributed by atoms with E-state index >= 15 is 0 Å². The summed E-state index contributed by atoms with van der Waals surface area (Å²) < 4.78 is 4.93. The quantitative estimate of drug-likeness (QED) is 0.632. The van der Waals surface area contributed by atoms with Gasteiger partial charge in [-0.25, -0.2) is 0 Å². The first-order valence-electron chi connectivity index (χ1n) is 4.15. The molecule has 0 heterocycles. The molecule has 0 saturated heterocycles. The lowest BCUT2D eigenvalue weighted by Crippen LogP contribution is -2.06. The van der Waals surface area contributed by atoms with Crippen molar-refractivity contribution in [2.45, 2.75) is 13.2 Å². The number of nitro benzene ring substituents is 1. The van der Waals surface area contributed by atoms with Crippen molar-refractivity contribution in [1.82, 2.24) is 0 Å². The monoisotopic (exact) mass is 232 g/mol. The molecule has 1 rings (SSSR count). The summed E-state index contributed by atoms with van der Waals surface area (Å²) in [7, 11) is 1.54. The zero-order valence-electron chi connectivity index (χ0n) is 8.30. The fourth-order valence-corrected chi connectivity index (χ4v) is 1.32. The lowest BCUT2D eigenvalue weighted by Gasteiger charge is -2.06. The van der Waals surface area contributed by atoms with Gasteiger partial charge in [0.2, 0.25) is 0 Å². The summed E-state index contributed by atoms with van der Waals surface area (Å²) in [6.07, 6.45) is 0. The number of benzene rings is 1. The van der Waals surface area contributed by atoms with Crippen molar-refractivity contribution < 1.29 is 9.66 Å². The Balaban J connectivity index is 0.00000196. The van der Waals surface area contributed by atoms with Crippen LogP contribution in [-0.4, -0.2) is 12.0 Å². The Morgan fingerprint density at radius 1 is 1.53 bits per heavy atom. The maximum absolute atomic E-state index is 10.6. The van der Waals surface area contributed by atoms with E-state index in [9.17, 15) is 10.1 Å². The maximum Gasteiger partial charge on any atom is 0.274 e. The van der Waals surface area contributed by atoms with Crippen molar-refractivity contribution in [3.05, 3.63) is 39.4 Å². The second-order valence-corrected chi connectivity index (χ2v) is 2.81. The van der Waals surface area contributed by atoms with Crippen molar-refractivity contribution in [3.63, 3.8) is 0 Å². The van der Waals surface area contributed by atoms with Crippen LogP contribution in [0.4, 0.5) is 5.69 Å². The molecule has 2 N–H and O–H groups in total. The predicted octanol–water partition coefficient (Wildman–Crippen LogP) is 1.62. The molecular weight excluding hydrogens is 220 g/mol. The van der Waals surface area contributed by atoms with Crippen molar-refractivity contribution in [2.75, 3.05) is 7.11 Å². The smallest absolute Gasteiger partial charge is 0.274 e. The molecule has 0 aliphatic rings. The fraction of sp³-hybridized carbons (Fsp3) is 0.333. The molecule has 0 atom stereocenters. The average Bonchev–Trinajstić information content (AvgIpc) is 2.18. The minimum atomic E-state index is -0.429. The van der Waals surface area contributed by atoms with Gasteiger partial charge in [0.15, 0.2) is 0 Å². The van der Waals surface area contributed by atoms with Crippen LogP contribution >= 0.6 is 12.4 Å². The Labute approximate surface area is 93.8 Å². The van der Waals surface area contributed by atoms with E-state index in [1.807, 2.05) is 0 Å². The van der Waals surface area contributed by atoms with E-state index in [-0.39, 0.29) is 24.6 Å². The molecule has 84 valence electrons. The summed E-state index contributed by atoms with van der Waals surface area (Å²) in [5, 5.41) is 10.6. The molecule has 0 unspecified atom stereocenters. The third-order valence-electron chi connectivity index (χ3n) is 1.95. The molecule has 0 aliphatic heterocycles. The van der Waals surface area contributed by atoms with Gasteiger partial charge in [0, 0.05) is 25.3 Å². The van der Waals surface area contributed by atoms with Gasteiger partial charge in [-0.3, -0.25) is 10.1 Å². The van der Waals surface area contributed by atoms with Crippen LogP contribution in [0.2, 0.25) is 0 Å². The summed E-state index contributed by atoms with van der Waals surface area (Å²) in [5.41, 5.74) is 6.83. The largest absolute Gasteiger partial charge is 0.380 e. The average molecular weight is 233 g/mol. The van der Waals surface area contributed by atoms with Gasteiger partial charge >= 0.3 is 0 Å². The van der Waals surface area contributed by atoms with Gasteiger partial charge in [-0.05, 0) is 5.56 Å². The molecule has 0 amide bonds. The topological polar surface area (TPSA) is 78.4 Å². The first kappa shape index (κ1) is 13.8. The number of hydrogen-bond donors (Lipinski definition) is 1. The minimum absolute atomic E-state index is 0. The van der Waals surface area contributed by atoms with E-state index in [1.165, 1.54) is 6.07 Å². The molecule has 0 aliphatic carbocycles. The second kappa shape index (κ2) is 6.34. The molecule has 6 heteroatoms. The van der Waals surface area contributed by atoms with E-state index in [2.05, 4.69) is 0 Å². The van der Waals surface area contributed by atoms with Gasteiger partial charge in [0.05, 0.1) is 11.5 Å². The maximum atomic E-state index is 10.6. The molecule has 0 aromatic heterocycles. The molecule has 0 bridgehead atoms. The van der Waals surface area contributed by atoms with E-state index < -0.39 is 4.92 Å². The Hall–Kier alpha value is -1.17. The summed E-state index contributed by atoms with van der Waals surface area (Å²) in [4.78, 5) is 10.2. The number of nitrogens with zero attached hydrogens (tertiary/aromatic N) is 1. The molecule has 0 saturated carbocycles. The highest BCUT2D eigenvalue weighted by atomic mass is 35.5. The molecule has 5 nitrogen and oxygen atoms in total. The van der Waals surface area contributed by atoms with Crippen molar-refractivity contribution in [1.29, 1.82) is 0 Å². The molecule has 0 spiro atoms. The molecular formula is C9H13ClN2O3. The first-order valence-corrected chi connectivity index (χ1v) is 4.15. The molecule has 15 heavy (non-hydrogen) atoms. The van der Waals surface area contributed by atoms with Gasteiger partial charge in [-0.1, -0.05) is 12.1 Å². The number of nitro groups is 1. The highest BCUT2D eigenvalue weighted by Crippen LogP contribution is 2.22. The predicted molar refractivity (Wildman–Crippen MR) is 58.9 cm³/mol. The Bertz CT molecular complexity index is 344. The van der Waals surface area contributed by atoms with Gasteiger partial charge in [0.25, 0.3) is 5.69 Å². The first-order chi connectivity index (χ1) is 6.70. The van der Waals surface area contributed by atoms with Crippen molar-refractivity contribution >= 4 is 18.1 Å². The van der Waals surface area contributed by atoms with Crippen LogP contribution < -0.4 is 5.73 Å². The second-order valence-electron chi connectivity index (χ2n) is 2.81. The standard InChI is InChI=1S/C9H12N2O3.ClH/c1-14-6-7-3-2-4-9(11(12)13)8(7)5-10;/h2-4H,5-6,10H2,1H3;1H. The zero-order valence-corrected chi connectivity index (χ0v) is 9.12. The van der Waals surface area contributed by atoms with Crippen molar-refractivity contribution in [3.8, 4) is 0 Å². The van der Waals surface area contributed by atoms with Crippen LogP contribution in [0.15, 0.2) is 18.2 Å². The number of methoxy groups -OCH3 is 1. The van der Waals surface area contributed by atoms with Gasteiger partial charge < -0.3 is 10.5 Å². The highest BCUT2D eigenvalue weighted by Gasteiger charge is 2.15. The van der Waals surface area contributed by atoms with Crippen LogP contribution in [-0.2, 0) is 17.9 Å². The summed E-state index contributed by atoms with van der Waals surface area (Å²) in [6.45, 7) is 0.490. The summed E-state index contributed by atoms with van der Waals surface area (Å²) >= 11 is 0. The molecule has 1 aromatic carbocycles. The van der Waals surface area contributed by atoms with Crippen LogP contribution in [0.1, 0.15) is 11.1 Å². The minimum Gasteiger partial charge on any atom is -0.380 e. The lowest BCUT2D eigenvalue weighted by atomic mass is 10.1. The fourth-order valence-electron chi connectivity index (χ4n) is 1.32. The van der Waals surface area contributed by atoms with Crippen molar-refractivity contribution in [2.24, 2.45) is 5.73 Å². The third-order valence-corrected chi connectivity index (χ3v) is 1.95. The number of rotatable bonds is 4. The molecule has 1 aromatic rings. The summed E-state index contributed by atoms with van der Waals surface area (Å²) in [5.74, 6) is 0. The number of halogens is 1. The van der Waals surface area contributed by atoms with Crippen LogP contribution in [0, 0.1) is 10.1 Å². The lowest BCUT2D eigenvalue weighted by molar-refractivity contribution is -0.385. The molecule has 0 radical (unpaired) electrons. The van der Waals surface area contributed by atoms with Crippen LogP contribution in [0.5, 0.6) is 0 Å². The van der Waals surface area contributed by atoms with E-state index in [0.717, 1.165) is 5.56 Å². The zero-order chi connectivity index (χ0) is 10.6. The van der Waals surface area contributed by atoms with Gasteiger partial charge in [-0.15, -0.1) is 12.4 Å². The number of nitrogens with two attached hydrogens (primary N) is 1. The van der Waals surface area contributed by atoms with Crippen LogP contribution in [0.25, 0.3) is 0 Å². The normalized spacial score (nSPS) is 9.47. The summed E-state index contributed by atoms with van der Waals surface area (Å²) in [6, 6.07) is 4.85. The van der Waals surface area contributed by atoms with Gasteiger partial charge in [-0.2, -0.15) is 0 Å². The number of ether oxygens (including phenoxy) is 1. The third kappa shape index (κ3) is 3.16. The Morgan fingerprint density at radius 2 is 2.20 bits per heavy atom. The van der Waals surface area contributed by atoms with E-state index in [4.69, 9.17) is 10.5 Å². The Morgan fingerprint density at radius 3 is 2.67 bits per heavy atom. The molecule has 0 fully saturated rings. The van der Waals surface area contributed by atoms with Crippen LogP contribution in [0.3, 0.4) is 0 Å². The van der Waals surface area contributed by atoms with Gasteiger partial charge in [0.1, 0.15) is 0 Å².